The topological polar surface area (TPSA) is 32.3 Å². The zero-order chi connectivity index (χ0) is 12.7. The number of rotatable bonds is 1. The predicted octanol–water partition coefficient (Wildman–Crippen LogP) is 2.42. The van der Waals surface area contributed by atoms with Crippen molar-refractivity contribution < 1.29 is 0 Å². The van der Waals surface area contributed by atoms with Crippen LogP contribution in [0.1, 0.15) is 18.4 Å². The van der Waals surface area contributed by atoms with E-state index in [0.29, 0.717) is 6.17 Å². The molecule has 0 radical (unpaired) electrons. The molecule has 0 amide bonds. The molecule has 0 aliphatic carbocycles. The fraction of sp³-hybridized carbons (Fsp3) is 0.333. The first-order valence-electron chi connectivity index (χ1n) is 6.82. The second-order valence-corrected chi connectivity index (χ2v) is 5.12. The number of hydrogen-bond donors (Lipinski definition) is 0. The Labute approximate surface area is 112 Å². The molecule has 4 rings (SSSR count). The lowest BCUT2D eigenvalue weighted by Crippen LogP contribution is -2.49. The molecular weight excluding hydrogens is 236 g/mol. The maximum atomic E-state index is 4.42. The van der Waals surface area contributed by atoms with Crippen molar-refractivity contribution in [3.63, 3.8) is 0 Å². The van der Waals surface area contributed by atoms with Gasteiger partial charge in [-0.25, -0.2) is 9.97 Å². The summed E-state index contributed by atoms with van der Waals surface area (Å²) in [4.78, 5) is 13.7. The Kier molecular flexibility index (Phi) is 2.40. The largest absolute Gasteiger partial charge is 0.351 e. The molecular formula is C15H16N4. The van der Waals surface area contributed by atoms with E-state index >= 15 is 0 Å². The fourth-order valence-corrected chi connectivity index (χ4v) is 3.21. The van der Waals surface area contributed by atoms with Crippen LogP contribution in [0.2, 0.25) is 0 Å². The average molecular weight is 252 g/mol. The highest BCUT2D eigenvalue weighted by atomic mass is 15.4. The summed E-state index contributed by atoms with van der Waals surface area (Å²) in [5.41, 5.74) is 2.75. The van der Waals surface area contributed by atoms with Crippen molar-refractivity contribution in [2.75, 3.05) is 16.3 Å². The van der Waals surface area contributed by atoms with E-state index in [1.54, 1.807) is 0 Å². The van der Waals surface area contributed by atoms with E-state index in [2.05, 4.69) is 44.0 Å². The molecule has 2 aromatic rings. The van der Waals surface area contributed by atoms with Gasteiger partial charge in [-0.1, -0.05) is 18.2 Å². The second-order valence-electron chi connectivity index (χ2n) is 5.12. The van der Waals surface area contributed by atoms with Gasteiger partial charge in [0, 0.05) is 31.2 Å². The smallest absolute Gasteiger partial charge is 0.227 e. The monoisotopic (exact) mass is 252 g/mol. The Morgan fingerprint density at radius 1 is 1.00 bits per heavy atom. The maximum Gasteiger partial charge on any atom is 0.227 e. The Bertz CT molecular complexity index is 584. The zero-order valence-electron chi connectivity index (χ0n) is 10.7. The lowest BCUT2D eigenvalue weighted by atomic mass is 10.1. The zero-order valence-corrected chi connectivity index (χ0v) is 10.7. The minimum atomic E-state index is 0.414. The molecule has 1 aromatic carbocycles. The number of hydrogen-bond acceptors (Lipinski definition) is 4. The summed E-state index contributed by atoms with van der Waals surface area (Å²) in [6.07, 6.45) is 6.48. The van der Waals surface area contributed by atoms with Crippen LogP contribution >= 0.6 is 0 Å². The molecule has 1 saturated heterocycles. The molecule has 1 aromatic heterocycles. The number of para-hydroxylation sites is 1. The summed E-state index contributed by atoms with van der Waals surface area (Å²) < 4.78 is 0. The van der Waals surface area contributed by atoms with Crippen molar-refractivity contribution in [1.82, 2.24) is 9.97 Å². The van der Waals surface area contributed by atoms with Crippen molar-refractivity contribution in [2.45, 2.75) is 25.6 Å². The molecule has 2 aliphatic rings. The van der Waals surface area contributed by atoms with Crippen molar-refractivity contribution >= 4 is 11.6 Å². The molecule has 96 valence electrons. The summed E-state index contributed by atoms with van der Waals surface area (Å²) in [6, 6.07) is 10.5. The van der Waals surface area contributed by atoms with Gasteiger partial charge < -0.3 is 9.80 Å². The van der Waals surface area contributed by atoms with Crippen LogP contribution in [0.25, 0.3) is 0 Å². The molecule has 0 spiro atoms. The third-order valence-electron chi connectivity index (χ3n) is 4.03. The van der Waals surface area contributed by atoms with Crippen molar-refractivity contribution in [2.24, 2.45) is 0 Å². The molecule has 0 N–H and O–H groups in total. The van der Waals surface area contributed by atoms with Gasteiger partial charge >= 0.3 is 0 Å². The standard InChI is InChI=1S/C15H16N4/c1-2-6-13-12(5-1)11-19(14-7-3-10-18(13)14)15-16-8-4-9-17-15/h1-2,4-6,8-9,14H,3,7,10-11H2. The average Bonchev–Trinajstić information content (AvgIpc) is 2.97. The van der Waals surface area contributed by atoms with E-state index in [1.807, 2.05) is 18.5 Å². The number of anilines is 2. The molecule has 1 unspecified atom stereocenters. The van der Waals surface area contributed by atoms with Crippen molar-refractivity contribution in [3.05, 3.63) is 48.3 Å². The number of aromatic nitrogens is 2. The van der Waals surface area contributed by atoms with Gasteiger partial charge in [-0.15, -0.1) is 0 Å². The van der Waals surface area contributed by atoms with Crippen LogP contribution < -0.4 is 9.80 Å². The van der Waals surface area contributed by atoms with E-state index in [9.17, 15) is 0 Å². The lowest BCUT2D eigenvalue weighted by Gasteiger charge is -2.42. The van der Waals surface area contributed by atoms with Gasteiger partial charge in [-0.05, 0) is 30.5 Å². The molecule has 4 nitrogen and oxygen atoms in total. The van der Waals surface area contributed by atoms with Gasteiger partial charge in [-0.3, -0.25) is 0 Å². The summed E-state index contributed by atoms with van der Waals surface area (Å²) in [7, 11) is 0. The van der Waals surface area contributed by atoms with E-state index in [1.165, 1.54) is 24.1 Å². The van der Waals surface area contributed by atoms with E-state index in [4.69, 9.17) is 0 Å². The second kappa shape index (κ2) is 4.23. The Morgan fingerprint density at radius 2 is 1.84 bits per heavy atom. The SMILES string of the molecule is c1cnc(N2Cc3ccccc3N3CCCC23)nc1. The van der Waals surface area contributed by atoms with Crippen molar-refractivity contribution in [1.29, 1.82) is 0 Å². The van der Waals surface area contributed by atoms with Gasteiger partial charge in [-0.2, -0.15) is 0 Å². The first-order valence-corrected chi connectivity index (χ1v) is 6.82. The third-order valence-corrected chi connectivity index (χ3v) is 4.03. The summed E-state index contributed by atoms with van der Waals surface area (Å²) >= 11 is 0. The quantitative estimate of drug-likeness (QED) is 0.780. The highest BCUT2D eigenvalue weighted by molar-refractivity contribution is 5.61. The van der Waals surface area contributed by atoms with Crippen LogP contribution in [0.15, 0.2) is 42.7 Å². The highest BCUT2D eigenvalue weighted by Gasteiger charge is 2.36. The van der Waals surface area contributed by atoms with Crippen LogP contribution in [0, 0.1) is 0 Å². The summed E-state index contributed by atoms with van der Waals surface area (Å²) in [5.74, 6) is 0.842. The van der Waals surface area contributed by atoms with Gasteiger partial charge in [0.25, 0.3) is 0 Å². The Hall–Kier alpha value is -2.10. The number of benzene rings is 1. The number of fused-ring (bicyclic) bond motifs is 3. The molecule has 1 atom stereocenters. The van der Waals surface area contributed by atoms with Gasteiger partial charge in [0.2, 0.25) is 5.95 Å². The summed E-state index contributed by atoms with van der Waals surface area (Å²) in [5, 5.41) is 0. The van der Waals surface area contributed by atoms with Crippen LogP contribution in [-0.4, -0.2) is 22.7 Å². The van der Waals surface area contributed by atoms with E-state index in [0.717, 1.165) is 19.0 Å². The van der Waals surface area contributed by atoms with Crippen LogP contribution in [-0.2, 0) is 6.54 Å². The van der Waals surface area contributed by atoms with Gasteiger partial charge in [0.05, 0.1) is 0 Å². The van der Waals surface area contributed by atoms with Crippen LogP contribution in [0.4, 0.5) is 11.6 Å². The lowest BCUT2D eigenvalue weighted by molar-refractivity contribution is 0.568. The van der Waals surface area contributed by atoms with E-state index < -0.39 is 0 Å². The molecule has 4 heteroatoms. The molecule has 0 bridgehead atoms. The third kappa shape index (κ3) is 1.67. The Morgan fingerprint density at radius 3 is 2.74 bits per heavy atom. The fourth-order valence-electron chi connectivity index (χ4n) is 3.21. The molecule has 2 aliphatic heterocycles. The molecule has 1 fully saturated rings. The van der Waals surface area contributed by atoms with Gasteiger partial charge in [0.15, 0.2) is 0 Å². The molecule has 0 saturated carbocycles. The normalized spacial score (nSPS) is 21.2. The Balaban J connectivity index is 1.79. The molecule has 3 heterocycles. The first kappa shape index (κ1) is 10.8. The van der Waals surface area contributed by atoms with Gasteiger partial charge in [0.1, 0.15) is 6.17 Å². The minimum absolute atomic E-state index is 0.414. The highest BCUT2D eigenvalue weighted by Crippen LogP contribution is 2.37. The number of nitrogens with zero attached hydrogens (tertiary/aromatic N) is 4. The maximum absolute atomic E-state index is 4.42. The van der Waals surface area contributed by atoms with Crippen LogP contribution in [0.3, 0.4) is 0 Å². The summed E-state index contributed by atoms with van der Waals surface area (Å²) in [6.45, 7) is 2.03. The van der Waals surface area contributed by atoms with E-state index in [-0.39, 0.29) is 0 Å². The minimum Gasteiger partial charge on any atom is -0.351 e. The first-order chi connectivity index (χ1) is 9.43. The molecule has 19 heavy (non-hydrogen) atoms. The predicted molar refractivity (Wildman–Crippen MR) is 75.0 cm³/mol. The van der Waals surface area contributed by atoms with Crippen molar-refractivity contribution in [3.8, 4) is 0 Å². The van der Waals surface area contributed by atoms with Crippen LogP contribution in [0.5, 0.6) is 0 Å².